The Labute approximate surface area is 140 Å². The van der Waals surface area contributed by atoms with Crippen LogP contribution in [0.1, 0.15) is 0 Å². The van der Waals surface area contributed by atoms with Crippen LogP contribution in [0.5, 0.6) is 0 Å². The molecule has 0 aliphatic rings. The molecule has 0 radical (unpaired) electrons. The molecule has 4 N–H and O–H groups in total. The largest absolute Gasteiger partial charge is 0.408 e. The highest BCUT2D eigenvalue weighted by Crippen LogP contribution is 1.95. The zero-order chi connectivity index (χ0) is 17.5. The Morgan fingerprint density at radius 3 is 1.48 bits per heavy atom. The summed E-state index contributed by atoms with van der Waals surface area (Å²) in [5.41, 5.74) is 0.591. The molecule has 0 aromatic carbocycles. The zero-order valence-electron chi connectivity index (χ0n) is 11.4. The molecule has 122 valence electrons. The molecule has 0 spiro atoms. The van der Waals surface area contributed by atoms with Crippen LogP contribution in [0.15, 0.2) is 0 Å². The summed E-state index contributed by atoms with van der Waals surface area (Å²) in [6, 6.07) is 0. The first kappa shape index (κ1) is 20.7. The SMILES string of the molecule is O=CSOC(=O)NBNC(=O)BC(=O)NBNC(=O)OSC=O. The average Bonchev–Trinajstić information content (AvgIpc) is 2.50. The van der Waals surface area contributed by atoms with Gasteiger partial charge in [0.05, 0.1) is 0 Å². The van der Waals surface area contributed by atoms with Crippen LogP contribution in [-0.4, -0.2) is 57.4 Å². The first-order chi connectivity index (χ1) is 11.0. The van der Waals surface area contributed by atoms with Crippen molar-refractivity contribution in [3.63, 3.8) is 0 Å². The number of amides is 4. The van der Waals surface area contributed by atoms with Gasteiger partial charge in [0.15, 0.2) is 11.6 Å². The molecule has 0 saturated carbocycles. The van der Waals surface area contributed by atoms with Crippen molar-refractivity contribution < 1.29 is 37.1 Å². The normalized spacial score (nSPS) is 8.52. The van der Waals surface area contributed by atoms with Crippen LogP contribution >= 0.6 is 24.1 Å². The number of rotatable bonds is 10. The third-order valence-electron chi connectivity index (χ3n) is 1.68. The summed E-state index contributed by atoms with van der Waals surface area (Å²) in [4.78, 5) is 64.1. The summed E-state index contributed by atoms with van der Waals surface area (Å²) in [7, 11) is -1.17. The summed E-state index contributed by atoms with van der Waals surface area (Å²) < 4.78 is 8.50. The molecule has 0 aromatic rings. The van der Waals surface area contributed by atoms with Gasteiger partial charge in [-0.15, -0.1) is 0 Å². The van der Waals surface area contributed by atoms with E-state index in [0.29, 0.717) is 11.2 Å². The molecule has 0 atom stereocenters. The van der Waals surface area contributed by atoms with E-state index in [-0.39, 0.29) is 39.2 Å². The molecule has 0 bridgehead atoms. The molecule has 4 amide bonds. The summed E-state index contributed by atoms with van der Waals surface area (Å²) in [5, 5.41) is 8.55. The Morgan fingerprint density at radius 2 is 1.13 bits per heavy atom. The van der Waals surface area contributed by atoms with Crippen LogP contribution in [0, 0.1) is 0 Å². The van der Waals surface area contributed by atoms with E-state index in [1.54, 1.807) is 0 Å². The van der Waals surface area contributed by atoms with Crippen molar-refractivity contribution in [1.82, 2.24) is 20.9 Å². The van der Waals surface area contributed by atoms with Gasteiger partial charge in [-0.2, -0.15) is 0 Å². The summed E-state index contributed by atoms with van der Waals surface area (Å²) in [5.74, 6) is -1.41. The minimum Gasteiger partial charge on any atom is -0.391 e. The van der Waals surface area contributed by atoms with Crippen LogP contribution < -0.4 is 20.9 Å². The van der Waals surface area contributed by atoms with E-state index in [1.165, 1.54) is 0 Å². The highest BCUT2D eigenvalue weighted by molar-refractivity contribution is 8.08. The third-order valence-corrected chi connectivity index (χ3v) is 2.34. The lowest BCUT2D eigenvalue weighted by Gasteiger charge is -2.05. The number of nitrogens with one attached hydrogen (secondary N) is 4. The fourth-order valence-electron chi connectivity index (χ4n) is 0.886. The highest BCUT2D eigenvalue weighted by atomic mass is 32.2. The Morgan fingerprint density at radius 1 is 0.739 bits per heavy atom. The van der Waals surface area contributed by atoms with Gasteiger partial charge in [-0.05, 0) is 0 Å². The van der Waals surface area contributed by atoms with E-state index in [4.69, 9.17) is 0 Å². The predicted octanol–water partition coefficient (Wildman–Crippen LogP) is -2.50. The lowest BCUT2D eigenvalue weighted by Crippen LogP contribution is -2.47. The number of carbonyl (C=O) groups is 6. The fraction of sp³-hybridized carbons (Fsp3) is 0. The zero-order valence-corrected chi connectivity index (χ0v) is 13.0. The topological polar surface area (TPSA) is 169 Å². The molecular formula is C6H9B3N4O8S2. The monoisotopic (exact) mass is 362 g/mol. The maximum absolute atomic E-state index is 11.3. The van der Waals surface area contributed by atoms with E-state index >= 15 is 0 Å². The minimum absolute atomic E-state index is 0.267. The summed E-state index contributed by atoms with van der Waals surface area (Å²) in [6.45, 7) is 0. The van der Waals surface area contributed by atoms with Crippen LogP contribution in [0.25, 0.3) is 0 Å². The quantitative estimate of drug-likeness (QED) is 0.185. The Bertz CT molecular complexity index is 429. The standard InChI is InChI=1S/C6H9B3N4O8S2/c14-1-22-20-5(18)12-8-10-3(16)7-4(17)11-9-13-6(19)21-23-2-15/h1-2,7-9H,(H,10,16)(H,11,17)(H,12,18)(H,13,19). The highest BCUT2D eigenvalue weighted by Gasteiger charge is 2.14. The van der Waals surface area contributed by atoms with Crippen molar-refractivity contribution in [3.05, 3.63) is 0 Å². The van der Waals surface area contributed by atoms with Crippen LogP contribution in [0.3, 0.4) is 0 Å². The van der Waals surface area contributed by atoms with E-state index in [2.05, 4.69) is 29.3 Å². The number of hydrogen-bond acceptors (Lipinski definition) is 10. The molecular weight excluding hydrogens is 353 g/mol. The van der Waals surface area contributed by atoms with Gasteiger partial charge in [-0.3, -0.25) is 19.2 Å². The van der Waals surface area contributed by atoms with E-state index < -0.39 is 31.1 Å². The van der Waals surface area contributed by atoms with Gasteiger partial charge in [0.1, 0.15) is 24.1 Å². The van der Waals surface area contributed by atoms with Crippen molar-refractivity contribution in [2.75, 3.05) is 0 Å². The summed E-state index contributed by atoms with van der Waals surface area (Å²) in [6.07, 6.45) is -1.88. The summed E-state index contributed by atoms with van der Waals surface area (Å²) >= 11 is 0.534. The second kappa shape index (κ2) is 13.4. The van der Waals surface area contributed by atoms with Crippen molar-refractivity contribution in [2.24, 2.45) is 0 Å². The molecule has 0 aliphatic carbocycles. The maximum Gasteiger partial charge on any atom is 0.408 e. The van der Waals surface area contributed by atoms with Crippen molar-refractivity contribution in [3.8, 4) is 0 Å². The Balaban J connectivity index is 3.71. The molecule has 23 heavy (non-hydrogen) atoms. The third kappa shape index (κ3) is 13.1. The van der Waals surface area contributed by atoms with Gasteiger partial charge in [-0.25, -0.2) is 9.59 Å². The minimum atomic E-state index is -0.942. The second-order valence-electron chi connectivity index (χ2n) is 3.21. The van der Waals surface area contributed by atoms with Crippen LogP contribution in [-0.2, 0) is 18.0 Å². The second-order valence-corrected chi connectivity index (χ2v) is 4.31. The van der Waals surface area contributed by atoms with Gasteiger partial charge >= 0.3 is 34.6 Å². The molecule has 0 aliphatic heterocycles. The van der Waals surface area contributed by atoms with Gasteiger partial charge in [-0.1, -0.05) is 0 Å². The number of hydrogen-bond donors (Lipinski definition) is 4. The smallest absolute Gasteiger partial charge is 0.391 e. The Kier molecular flexibility index (Phi) is 12.1. The fourth-order valence-corrected chi connectivity index (χ4v) is 1.26. The maximum atomic E-state index is 11.3. The first-order valence-corrected chi connectivity index (χ1v) is 7.23. The van der Waals surface area contributed by atoms with E-state index in [0.717, 1.165) is 0 Å². The molecule has 0 aromatic heterocycles. The van der Waals surface area contributed by atoms with Crippen molar-refractivity contribution in [2.45, 2.75) is 0 Å². The Hall–Kier alpha value is -2.29. The molecule has 0 fully saturated rings. The molecule has 0 saturated heterocycles. The van der Waals surface area contributed by atoms with Crippen molar-refractivity contribution >= 4 is 81.5 Å². The van der Waals surface area contributed by atoms with Gasteiger partial charge in [0, 0.05) is 0 Å². The van der Waals surface area contributed by atoms with Gasteiger partial charge in [0.2, 0.25) is 11.2 Å². The van der Waals surface area contributed by atoms with E-state index in [9.17, 15) is 28.8 Å². The predicted molar refractivity (Wildman–Crippen MR) is 86.4 cm³/mol. The molecule has 0 rings (SSSR count). The molecule has 12 nitrogen and oxygen atoms in total. The average molecular weight is 362 g/mol. The molecule has 0 unspecified atom stereocenters. The number of carbonyl (C=O) groups excluding carboxylic acids is 6. The lowest BCUT2D eigenvalue weighted by molar-refractivity contribution is 0.213. The molecule has 17 heteroatoms. The van der Waals surface area contributed by atoms with Crippen LogP contribution in [0.4, 0.5) is 19.2 Å². The molecule has 0 heterocycles. The first-order valence-electron chi connectivity index (χ1n) is 5.62. The van der Waals surface area contributed by atoms with E-state index in [1.807, 2.05) is 0 Å². The van der Waals surface area contributed by atoms with Gasteiger partial charge < -0.3 is 29.3 Å². The lowest BCUT2D eigenvalue weighted by atomic mass is 9.74. The van der Waals surface area contributed by atoms with Crippen LogP contribution in [0.2, 0.25) is 0 Å². The van der Waals surface area contributed by atoms with Crippen molar-refractivity contribution in [1.29, 1.82) is 0 Å². The van der Waals surface area contributed by atoms with Gasteiger partial charge in [0.25, 0.3) is 0 Å².